The van der Waals surface area contributed by atoms with Crippen molar-refractivity contribution in [2.24, 2.45) is 0 Å². The molecule has 0 unspecified atom stereocenters. The quantitative estimate of drug-likeness (QED) is 0.618. The van der Waals surface area contributed by atoms with Crippen LogP contribution >= 0.6 is 0 Å². The first-order chi connectivity index (χ1) is 13.4. The van der Waals surface area contributed by atoms with Crippen LogP contribution in [0.2, 0.25) is 0 Å². The van der Waals surface area contributed by atoms with Crippen molar-refractivity contribution in [3.63, 3.8) is 0 Å². The van der Waals surface area contributed by atoms with Crippen molar-refractivity contribution in [2.45, 2.75) is 44.1 Å². The molecule has 0 amide bonds. The Kier molecular flexibility index (Phi) is 6.82. The lowest BCUT2D eigenvalue weighted by Gasteiger charge is -2.30. The summed E-state index contributed by atoms with van der Waals surface area (Å²) in [6.45, 7) is 5.82. The average Bonchev–Trinajstić information content (AvgIpc) is 3.16. The van der Waals surface area contributed by atoms with Gasteiger partial charge in [0.2, 0.25) is 10.0 Å². The Morgan fingerprint density at radius 1 is 1.21 bits per heavy atom. The summed E-state index contributed by atoms with van der Waals surface area (Å²) in [7, 11) is -1.88. The Balaban J connectivity index is 1.60. The first-order valence-electron chi connectivity index (χ1n) is 9.38. The zero-order valence-electron chi connectivity index (χ0n) is 16.6. The summed E-state index contributed by atoms with van der Waals surface area (Å²) in [6.07, 6.45) is 1.32. The number of ether oxygens (including phenoxy) is 2. The van der Waals surface area contributed by atoms with Crippen molar-refractivity contribution in [1.29, 1.82) is 0 Å². The molecular weight excluding hydrogens is 382 g/mol. The van der Waals surface area contributed by atoms with Gasteiger partial charge in [0.05, 0.1) is 18.1 Å². The second-order valence-corrected chi connectivity index (χ2v) is 8.95. The molecule has 0 saturated carbocycles. The summed E-state index contributed by atoms with van der Waals surface area (Å²) in [5, 5.41) is 4.04. The normalized spacial score (nSPS) is 16.5. The van der Waals surface area contributed by atoms with Crippen molar-refractivity contribution < 1.29 is 22.4 Å². The smallest absolute Gasteiger partial charge is 0.252 e. The number of benzene rings is 1. The third-order valence-corrected chi connectivity index (χ3v) is 6.96. The minimum Gasteiger partial charge on any atom is -0.382 e. The summed E-state index contributed by atoms with van der Waals surface area (Å²) in [4.78, 5) is 4.78. The average molecular weight is 410 g/mol. The lowest BCUT2D eigenvalue weighted by atomic mass is 9.98. The van der Waals surface area contributed by atoms with Gasteiger partial charge in [0.1, 0.15) is 6.61 Å². The number of methoxy groups -OCH3 is 1. The second-order valence-electron chi connectivity index (χ2n) is 7.04. The number of hydrogen-bond donors (Lipinski definition) is 0. The molecule has 1 aromatic carbocycles. The van der Waals surface area contributed by atoms with E-state index in [1.807, 2.05) is 26.0 Å². The van der Waals surface area contributed by atoms with Gasteiger partial charge in [-0.25, -0.2) is 8.42 Å². The molecule has 1 aliphatic rings. The molecule has 1 aromatic heterocycles. The van der Waals surface area contributed by atoms with Gasteiger partial charge in [0.15, 0.2) is 5.82 Å². The molecule has 0 bridgehead atoms. The molecular formula is C19H27N3O5S. The summed E-state index contributed by atoms with van der Waals surface area (Å²) < 4.78 is 43.1. The molecule has 0 radical (unpaired) electrons. The monoisotopic (exact) mass is 409 g/mol. The molecule has 0 atom stereocenters. The maximum atomic E-state index is 13.0. The third kappa shape index (κ3) is 4.78. The second kappa shape index (κ2) is 9.13. The lowest BCUT2D eigenvalue weighted by Crippen LogP contribution is -2.38. The number of aryl methyl sites for hydroxylation is 2. The van der Waals surface area contributed by atoms with E-state index in [4.69, 9.17) is 14.0 Å². The topological polar surface area (TPSA) is 94.8 Å². The standard InChI is InChI=1S/C19H27N3O5S/c1-14-4-5-15(2)17(12-14)28(23,24)22-8-6-16(7-9-22)19-20-18(27-21-19)13-26-11-10-25-3/h4-5,12,16H,6-11,13H2,1-3H3. The van der Waals surface area contributed by atoms with E-state index in [-0.39, 0.29) is 12.5 Å². The molecule has 1 aliphatic heterocycles. The number of sulfonamides is 1. The van der Waals surface area contributed by atoms with Crippen molar-refractivity contribution in [3.8, 4) is 0 Å². The molecule has 8 nitrogen and oxygen atoms in total. The molecule has 0 spiro atoms. The summed E-state index contributed by atoms with van der Waals surface area (Å²) in [5.74, 6) is 1.13. The Labute approximate surface area is 165 Å². The molecule has 28 heavy (non-hydrogen) atoms. The molecule has 0 N–H and O–H groups in total. The molecule has 2 heterocycles. The van der Waals surface area contributed by atoms with E-state index in [9.17, 15) is 8.42 Å². The van der Waals surface area contributed by atoms with Gasteiger partial charge in [-0.3, -0.25) is 0 Å². The number of piperidine rings is 1. The Hall–Kier alpha value is -1.81. The van der Waals surface area contributed by atoms with E-state index in [1.165, 1.54) is 0 Å². The fourth-order valence-corrected chi connectivity index (χ4v) is 5.05. The van der Waals surface area contributed by atoms with Crippen LogP contribution in [0.5, 0.6) is 0 Å². The van der Waals surface area contributed by atoms with Crippen LogP contribution in [0.1, 0.15) is 41.6 Å². The van der Waals surface area contributed by atoms with Gasteiger partial charge < -0.3 is 14.0 Å². The highest BCUT2D eigenvalue weighted by Crippen LogP contribution is 2.30. The molecule has 9 heteroatoms. The third-order valence-electron chi connectivity index (χ3n) is 4.92. The van der Waals surface area contributed by atoms with Gasteiger partial charge >= 0.3 is 0 Å². The molecule has 1 saturated heterocycles. The number of rotatable bonds is 8. The first kappa shape index (κ1) is 20.9. The number of nitrogens with zero attached hydrogens (tertiary/aromatic N) is 3. The molecule has 1 fully saturated rings. The van der Waals surface area contributed by atoms with Gasteiger partial charge in [-0.15, -0.1) is 0 Å². The van der Waals surface area contributed by atoms with Crippen LogP contribution in [0.3, 0.4) is 0 Å². The fourth-order valence-electron chi connectivity index (χ4n) is 3.27. The Morgan fingerprint density at radius 2 is 1.96 bits per heavy atom. The Bertz CT molecular complexity index is 889. The van der Waals surface area contributed by atoms with Crippen molar-refractivity contribution in [1.82, 2.24) is 14.4 Å². The lowest BCUT2D eigenvalue weighted by molar-refractivity contribution is 0.0494. The van der Waals surface area contributed by atoms with Crippen molar-refractivity contribution in [3.05, 3.63) is 41.0 Å². The molecule has 0 aliphatic carbocycles. The van der Waals surface area contributed by atoms with Crippen LogP contribution in [-0.2, 0) is 26.1 Å². The highest BCUT2D eigenvalue weighted by atomic mass is 32.2. The largest absolute Gasteiger partial charge is 0.382 e. The van der Waals surface area contributed by atoms with Crippen LogP contribution in [0.4, 0.5) is 0 Å². The molecule has 2 aromatic rings. The maximum Gasteiger partial charge on any atom is 0.252 e. The number of hydrogen-bond acceptors (Lipinski definition) is 7. The van der Waals surface area contributed by atoms with Crippen LogP contribution in [0.25, 0.3) is 0 Å². The SMILES string of the molecule is COCCOCc1nc(C2CCN(S(=O)(=O)c3cc(C)ccc3C)CC2)no1. The van der Waals surface area contributed by atoms with Gasteiger partial charge in [-0.1, -0.05) is 17.3 Å². The van der Waals surface area contributed by atoms with Gasteiger partial charge in [-0.2, -0.15) is 9.29 Å². The predicted octanol–water partition coefficient (Wildman–Crippen LogP) is 2.42. The highest BCUT2D eigenvalue weighted by Gasteiger charge is 2.32. The van der Waals surface area contributed by atoms with E-state index < -0.39 is 10.0 Å². The van der Waals surface area contributed by atoms with E-state index in [0.29, 0.717) is 55.8 Å². The van der Waals surface area contributed by atoms with Gasteiger partial charge in [-0.05, 0) is 43.9 Å². The van der Waals surface area contributed by atoms with Crippen LogP contribution in [0.15, 0.2) is 27.6 Å². The summed E-state index contributed by atoms with van der Waals surface area (Å²) in [5.41, 5.74) is 1.70. The minimum atomic E-state index is -3.50. The van der Waals surface area contributed by atoms with E-state index in [0.717, 1.165) is 11.1 Å². The van der Waals surface area contributed by atoms with Crippen molar-refractivity contribution >= 4 is 10.0 Å². The highest BCUT2D eigenvalue weighted by molar-refractivity contribution is 7.89. The molecule has 154 valence electrons. The summed E-state index contributed by atoms with van der Waals surface area (Å²) >= 11 is 0. The fraction of sp³-hybridized carbons (Fsp3) is 0.579. The van der Waals surface area contributed by atoms with E-state index >= 15 is 0 Å². The Morgan fingerprint density at radius 3 is 2.68 bits per heavy atom. The predicted molar refractivity (Wildman–Crippen MR) is 102 cm³/mol. The van der Waals surface area contributed by atoms with Crippen LogP contribution in [0, 0.1) is 13.8 Å². The van der Waals surface area contributed by atoms with Gasteiger partial charge in [0, 0.05) is 26.1 Å². The minimum absolute atomic E-state index is 0.0848. The van der Waals surface area contributed by atoms with Gasteiger partial charge in [0.25, 0.3) is 5.89 Å². The molecule has 3 rings (SSSR count). The summed E-state index contributed by atoms with van der Waals surface area (Å²) in [6, 6.07) is 5.52. The zero-order valence-corrected chi connectivity index (χ0v) is 17.4. The maximum absolute atomic E-state index is 13.0. The zero-order chi connectivity index (χ0) is 20.1. The van der Waals surface area contributed by atoms with E-state index in [1.54, 1.807) is 17.5 Å². The van der Waals surface area contributed by atoms with Crippen LogP contribution < -0.4 is 0 Å². The van der Waals surface area contributed by atoms with Crippen molar-refractivity contribution in [2.75, 3.05) is 33.4 Å². The number of aromatic nitrogens is 2. The van der Waals surface area contributed by atoms with E-state index in [2.05, 4.69) is 10.1 Å². The van der Waals surface area contributed by atoms with Crippen LogP contribution in [-0.4, -0.2) is 56.3 Å². The first-order valence-corrected chi connectivity index (χ1v) is 10.8.